The molecule has 3 nitrogen and oxygen atoms in total. The summed E-state index contributed by atoms with van der Waals surface area (Å²) in [6.45, 7) is 8.57. The Labute approximate surface area is 92.1 Å². The molecule has 1 unspecified atom stereocenters. The number of hydrogen-bond acceptors (Lipinski definition) is 2. The highest BCUT2D eigenvalue weighted by molar-refractivity contribution is 7.52. The van der Waals surface area contributed by atoms with E-state index in [9.17, 15) is 9.46 Å². The van der Waals surface area contributed by atoms with Crippen molar-refractivity contribution in [3.05, 3.63) is 12.7 Å². The maximum Gasteiger partial charge on any atom is 0.329 e. The molecule has 0 saturated heterocycles. The first-order chi connectivity index (χ1) is 6.83. The number of rotatable bonds is 5. The number of allylic oxidation sites excluding steroid dienone is 1. The summed E-state index contributed by atoms with van der Waals surface area (Å²) in [5.74, 6) is 5.73. The standard InChI is InChI=1S/C11H19O3P/c1-5-7-8-9-10-11(3,4)14-15(12,13)6-2/h5H,1,6-8H2,2-4H3,(H,12,13). The molecule has 0 radical (unpaired) electrons. The van der Waals surface area contributed by atoms with Crippen molar-refractivity contribution < 1.29 is 14.0 Å². The molecular weight excluding hydrogens is 211 g/mol. The van der Waals surface area contributed by atoms with E-state index in [1.807, 2.05) is 0 Å². The Bertz CT molecular complexity index is 310. The van der Waals surface area contributed by atoms with E-state index < -0.39 is 13.2 Å². The average molecular weight is 230 g/mol. The van der Waals surface area contributed by atoms with Crippen LogP contribution in [0, 0.1) is 11.8 Å². The maximum absolute atomic E-state index is 11.3. The molecule has 0 aliphatic heterocycles. The van der Waals surface area contributed by atoms with Crippen LogP contribution in [0.25, 0.3) is 0 Å². The van der Waals surface area contributed by atoms with Crippen LogP contribution in [-0.2, 0) is 9.09 Å². The Hall–Kier alpha value is -0.550. The third kappa shape index (κ3) is 7.39. The Balaban J connectivity index is 4.33. The molecule has 4 heteroatoms. The fourth-order valence-electron chi connectivity index (χ4n) is 0.894. The SMILES string of the molecule is C=CCCC#CC(C)(C)OP(=O)(O)CC. The Morgan fingerprint density at radius 1 is 1.60 bits per heavy atom. The second kappa shape index (κ2) is 6.12. The van der Waals surface area contributed by atoms with Gasteiger partial charge in [0.1, 0.15) is 5.60 Å². The lowest BCUT2D eigenvalue weighted by atomic mass is 10.1. The van der Waals surface area contributed by atoms with E-state index in [2.05, 4.69) is 18.4 Å². The lowest BCUT2D eigenvalue weighted by Gasteiger charge is -2.21. The first-order valence-corrected chi connectivity index (χ1v) is 6.73. The van der Waals surface area contributed by atoms with Gasteiger partial charge in [0.15, 0.2) is 0 Å². The zero-order chi connectivity index (χ0) is 11.9. The highest BCUT2D eigenvalue weighted by Gasteiger charge is 2.27. The second-order valence-corrected chi connectivity index (χ2v) is 5.77. The molecule has 1 atom stereocenters. The molecule has 0 aromatic rings. The maximum atomic E-state index is 11.3. The van der Waals surface area contributed by atoms with Crippen LogP contribution >= 0.6 is 7.60 Å². The van der Waals surface area contributed by atoms with Crippen molar-refractivity contribution in [3.8, 4) is 11.8 Å². The summed E-state index contributed by atoms with van der Waals surface area (Å²) in [5, 5.41) is 0. The monoisotopic (exact) mass is 230 g/mol. The van der Waals surface area contributed by atoms with Crippen LogP contribution in [0.1, 0.15) is 33.6 Å². The van der Waals surface area contributed by atoms with Gasteiger partial charge >= 0.3 is 7.60 Å². The van der Waals surface area contributed by atoms with Crippen molar-refractivity contribution in [2.75, 3.05) is 6.16 Å². The van der Waals surface area contributed by atoms with E-state index in [1.165, 1.54) is 0 Å². The van der Waals surface area contributed by atoms with Gasteiger partial charge in [0, 0.05) is 12.6 Å². The summed E-state index contributed by atoms with van der Waals surface area (Å²) >= 11 is 0. The number of hydrogen-bond donors (Lipinski definition) is 1. The van der Waals surface area contributed by atoms with Gasteiger partial charge in [-0.2, -0.15) is 0 Å². The van der Waals surface area contributed by atoms with Crippen molar-refractivity contribution in [1.29, 1.82) is 0 Å². The lowest BCUT2D eigenvalue weighted by Crippen LogP contribution is -2.20. The average Bonchev–Trinajstić information content (AvgIpc) is 2.11. The Morgan fingerprint density at radius 2 is 2.20 bits per heavy atom. The molecule has 1 N–H and O–H groups in total. The molecule has 0 saturated carbocycles. The highest BCUT2D eigenvalue weighted by atomic mass is 31.2. The van der Waals surface area contributed by atoms with E-state index in [0.29, 0.717) is 6.42 Å². The minimum atomic E-state index is -3.47. The quantitative estimate of drug-likeness (QED) is 0.342. The van der Waals surface area contributed by atoms with Crippen molar-refractivity contribution in [2.24, 2.45) is 0 Å². The fourth-order valence-corrected chi connectivity index (χ4v) is 1.78. The predicted molar refractivity (Wildman–Crippen MR) is 62.7 cm³/mol. The van der Waals surface area contributed by atoms with E-state index in [1.54, 1.807) is 26.8 Å². The van der Waals surface area contributed by atoms with Crippen molar-refractivity contribution in [1.82, 2.24) is 0 Å². The molecule has 0 aliphatic rings. The van der Waals surface area contributed by atoms with Crippen LogP contribution in [0.4, 0.5) is 0 Å². The Kier molecular flexibility index (Phi) is 5.90. The third-order valence-corrected chi connectivity index (χ3v) is 3.17. The number of unbranched alkanes of at least 4 members (excludes halogenated alkanes) is 1. The topological polar surface area (TPSA) is 46.5 Å². The zero-order valence-corrected chi connectivity index (χ0v) is 10.5. The van der Waals surface area contributed by atoms with Crippen LogP contribution in [0.3, 0.4) is 0 Å². The first kappa shape index (κ1) is 14.5. The molecule has 0 spiro atoms. The minimum Gasteiger partial charge on any atom is -0.324 e. The van der Waals surface area contributed by atoms with Crippen molar-refractivity contribution in [2.45, 2.75) is 39.2 Å². The molecule has 0 aromatic heterocycles. The lowest BCUT2D eigenvalue weighted by molar-refractivity contribution is 0.148. The van der Waals surface area contributed by atoms with E-state index in [4.69, 9.17) is 4.52 Å². The van der Waals surface area contributed by atoms with Gasteiger partial charge in [-0.1, -0.05) is 24.8 Å². The molecule has 0 amide bonds. The molecule has 0 bridgehead atoms. The van der Waals surface area contributed by atoms with Gasteiger partial charge in [-0.3, -0.25) is 9.09 Å². The fraction of sp³-hybridized carbons (Fsp3) is 0.636. The normalized spacial score (nSPS) is 14.9. The van der Waals surface area contributed by atoms with Crippen molar-refractivity contribution in [3.63, 3.8) is 0 Å². The molecule has 0 rings (SSSR count). The van der Waals surface area contributed by atoms with Gasteiger partial charge in [0.2, 0.25) is 0 Å². The van der Waals surface area contributed by atoms with Gasteiger partial charge in [0.05, 0.1) is 0 Å². The first-order valence-electron chi connectivity index (χ1n) is 4.96. The van der Waals surface area contributed by atoms with Gasteiger partial charge in [0.25, 0.3) is 0 Å². The molecule has 0 aliphatic carbocycles. The highest BCUT2D eigenvalue weighted by Crippen LogP contribution is 2.45. The minimum absolute atomic E-state index is 0.102. The second-order valence-electron chi connectivity index (χ2n) is 3.68. The smallest absolute Gasteiger partial charge is 0.324 e. The van der Waals surface area contributed by atoms with Crippen LogP contribution in [-0.4, -0.2) is 16.7 Å². The van der Waals surface area contributed by atoms with Gasteiger partial charge in [-0.15, -0.1) is 6.58 Å². The Morgan fingerprint density at radius 3 is 2.67 bits per heavy atom. The van der Waals surface area contributed by atoms with Crippen LogP contribution < -0.4 is 0 Å². The van der Waals surface area contributed by atoms with E-state index in [-0.39, 0.29) is 6.16 Å². The van der Waals surface area contributed by atoms with Crippen LogP contribution in [0.15, 0.2) is 12.7 Å². The van der Waals surface area contributed by atoms with Crippen LogP contribution in [0.5, 0.6) is 0 Å². The molecule has 0 heterocycles. The van der Waals surface area contributed by atoms with E-state index in [0.717, 1.165) is 6.42 Å². The summed E-state index contributed by atoms with van der Waals surface area (Å²) in [6.07, 6.45) is 3.39. The molecule has 15 heavy (non-hydrogen) atoms. The van der Waals surface area contributed by atoms with E-state index >= 15 is 0 Å². The zero-order valence-electron chi connectivity index (χ0n) is 9.62. The summed E-state index contributed by atoms with van der Waals surface area (Å²) in [5.41, 5.74) is -0.874. The van der Waals surface area contributed by atoms with Gasteiger partial charge in [-0.05, 0) is 20.3 Å². The van der Waals surface area contributed by atoms with Crippen molar-refractivity contribution >= 4 is 7.60 Å². The van der Waals surface area contributed by atoms with Crippen LogP contribution in [0.2, 0.25) is 0 Å². The molecular formula is C11H19O3P. The molecule has 0 aromatic carbocycles. The summed E-state index contributed by atoms with van der Waals surface area (Å²) in [6, 6.07) is 0. The summed E-state index contributed by atoms with van der Waals surface area (Å²) in [7, 11) is -3.47. The van der Waals surface area contributed by atoms with Gasteiger partial charge in [-0.25, -0.2) is 0 Å². The molecule has 86 valence electrons. The summed E-state index contributed by atoms with van der Waals surface area (Å²) in [4.78, 5) is 9.31. The van der Waals surface area contributed by atoms with Gasteiger partial charge < -0.3 is 4.89 Å². The largest absolute Gasteiger partial charge is 0.329 e. The third-order valence-electron chi connectivity index (χ3n) is 1.63. The predicted octanol–water partition coefficient (Wildman–Crippen LogP) is 2.96. The molecule has 0 fully saturated rings. The summed E-state index contributed by atoms with van der Waals surface area (Å²) < 4.78 is 16.4.